The zero-order chi connectivity index (χ0) is 14.6. The van der Waals surface area contributed by atoms with Crippen molar-refractivity contribution in [3.8, 4) is 17.1 Å². The highest BCUT2D eigenvalue weighted by molar-refractivity contribution is 9.10. The van der Waals surface area contributed by atoms with Gasteiger partial charge in [0.15, 0.2) is 5.82 Å². The summed E-state index contributed by atoms with van der Waals surface area (Å²) in [6.07, 6.45) is 0.231. The Bertz CT molecular complexity index is 845. The molecule has 5 nitrogen and oxygen atoms in total. The van der Waals surface area contributed by atoms with E-state index in [4.69, 9.17) is 0 Å². The number of rotatable bonds is 1. The van der Waals surface area contributed by atoms with Gasteiger partial charge in [-0.2, -0.15) is 5.10 Å². The average Bonchev–Trinajstić information content (AvgIpc) is 3.04. The monoisotopic (exact) mass is 387 g/mol. The topological polar surface area (TPSA) is 48.5 Å². The summed E-state index contributed by atoms with van der Waals surface area (Å²) in [5.74, 6) is 0.648. The van der Waals surface area contributed by atoms with E-state index in [1.165, 1.54) is 12.7 Å². The zero-order valence-corrected chi connectivity index (χ0v) is 13.4. The summed E-state index contributed by atoms with van der Waals surface area (Å²) in [6, 6.07) is 5.61. The number of imidazole rings is 1. The highest BCUT2D eigenvalue weighted by Crippen LogP contribution is 2.34. The first-order valence-corrected chi connectivity index (χ1v) is 6.97. The van der Waals surface area contributed by atoms with Crippen LogP contribution in [0.3, 0.4) is 0 Å². The molecular weight excluding hydrogens is 380 g/mol. The summed E-state index contributed by atoms with van der Waals surface area (Å²) in [5, 5.41) is 4.13. The lowest BCUT2D eigenvalue weighted by atomic mass is 10.1. The highest BCUT2D eigenvalue weighted by atomic mass is 79.9. The fourth-order valence-electron chi connectivity index (χ4n) is 2.56. The number of hydrogen-bond acceptors (Lipinski definition) is 3. The van der Waals surface area contributed by atoms with Crippen molar-refractivity contribution in [1.29, 1.82) is 0 Å². The maximum atomic E-state index is 13.1. The van der Waals surface area contributed by atoms with Crippen molar-refractivity contribution < 1.29 is 8.78 Å². The number of aromatic nitrogens is 5. The third kappa shape index (κ3) is 2.14. The van der Waals surface area contributed by atoms with E-state index >= 15 is 0 Å². The normalized spacial score (nSPS) is 12.2. The minimum atomic E-state index is -2.62. The average molecular weight is 389 g/mol. The van der Waals surface area contributed by atoms with Gasteiger partial charge in [0.05, 0.1) is 17.9 Å². The number of halogens is 4. The summed E-state index contributed by atoms with van der Waals surface area (Å²) in [6.45, 7) is 0.210. The van der Waals surface area contributed by atoms with Gasteiger partial charge in [-0.3, -0.25) is 0 Å². The molecule has 0 aliphatic carbocycles. The van der Waals surface area contributed by atoms with Crippen LogP contribution in [0, 0.1) is 0 Å². The standard InChI is InChI=1S/C13H8BrF2N5.ClH/c14-7-1-2-9-8(3-7)13-17-5-19-21(13)4-10-11(12(15)16)18-6-20(9)10;/h1-3,5-6,12H,4H2;1H. The molecule has 0 saturated heterocycles. The van der Waals surface area contributed by atoms with Gasteiger partial charge < -0.3 is 4.57 Å². The van der Waals surface area contributed by atoms with E-state index in [1.54, 1.807) is 9.25 Å². The van der Waals surface area contributed by atoms with Crippen LogP contribution < -0.4 is 0 Å². The van der Waals surface area contributed by atoms with Crippen LogP contribution in [0.5, 0.6) is 0 Å². The Morgan fingerprint density at radius 1 is 1.23 bits per heavy atom. The summed E-state index contributed by atoms with van der Waals surface area (Å²) in [4.78, 5) is 8.10. The van der Waals surface area contributed by atoms with Crippen LogP contribution >= 0.6 is 28.3 Å². The van der Waals surface area contributed by atoms with Crippen LogP contribution in [0.2, 0.25) is 0 Å². The van der Waals surface area contributed by atoms with Gasteiger partial charge in [0.2, 0.25) is 0 Å². The van der Waals surface area contributed by atoms with Gasteiger partial charge in [0.1, 0.15) is 18.3 Å². The molecule has 114 valence electrons. The van der Waals surface area contributed by atoms with Gasteiger partial charge in [-0.1, -0.05) is 15.9 Å². The Hall–Kier alpha value is -1.80. The molecule has 0 unspecified atom stereocenters. The molecule has 0 spiro atoms. The van der Waals surface area contributed by atoms with Crippen molar-refractivity contribution in [2.24, 2.45) is 0 Å². The van der Waals surface area contributed by atoms with E-state index in [9.17, 15) is 8.78 Å². The van der Waals surface area contributed by atoms with Crippen molar-refractivity contribution in [2.75, 3.05) is 0 Å². The summed E-state index contributed by atoms with van der Waals surface area (Å²) in [7, 11) is 0. The maximum absolute atomic E-state index is 13.1. The molecule has 0 radical (unpaired) electrons. The smallest absolute Gasteiger partial charge is 0.282 e. The van der Waals surface area contributed by atoms with E-state index in [2.05, 4.69) is 31.0 Å². The Kier molecular flexibility index (Phi) is 3.73. The van der Waals surface area contributed by atoms with Gasteiger partial charge in [-0.25, -0.2) is 23.4 Å². The number of alkyl halides is 2. The third-order valence-corrected chi connectivity index (χ3v) is 3.97. The first-order chi connectivity index (χ1) is 10.1. The van der Waals surface area contributed by atoms with Crippen LogP contribution in [-0.2, 0) is 6.54 Å². The van der Waals surface area contributed by atoms with Gasteiger partial charge >= 0.3 is 0 Å². The van der Waals surface area contributed by atoms with Crippen molar-refractivity contribution in [1.82, 2.24) is 24.3 Å². The second-order valence-corrected chi connectivity index (χ2v) is 5.57. The number of nitrogens with zero attached hydrogens (tertiary/aromatic N) is 5. The lowest BCUT2D eigenvalue weighted by Gasteiger charge is -2.09. The predicted molar refractivity (Wildman–Crippen MR) is 81.6 cm³/mol. The molecule has 0 bridgehead atoms. The van der Waals surface area contributed by atoms with Crippen molar-refractivity contribution in [3.05, 3.63) is 46.7 Å². The minimum Gasteiger partial charge on any atom is -0.300 e. The lowest BCUT2D eigenvalue weighted by Crippen LogP contribution is -2.07. The largest absolute Gasteiger partial charge is 0.300 e. The maximum Gasteiger partial charge on any atom is 0.282 e. The van der Waals surface area contributed by atoms with Crippen LogP contribution in [0.1, 0.15) is 17.8 Å². The zero-order valence-electron chi connectivity index (χ0n) is 10.9. The van der Waals surface area contributed by atoms with Crippen LogP contribution in [0.25, 0.3) is 17.1 Å². The third-order valence-electron chi connectivity index (χ3n) is 3.48. The molecule has 0 N–H and O–H groups in total. The molecule has 4 rings (SSSR count). The van der Waals surface area contributed by atoms with Crippen molar-refractivity contribution in [2.45, 2.75) is 13.0 Å². The number of fused-ring (bicyclic) bond motifs is 5. The molecular formula is C13H9BrClF2N5. The minimum absolute atomic E-state index is 0. The first kappa shape index (κ1) is 15.1. The van der Waals surface area contributed by atoms with E-state index in [0.717, 1.165) is 15.7 Å². The molecule has 1 aliphatic heterocycles. The summed E-state index contributed by atoms with van der Waals surface area (Å²) in [5.41, 5.74) is 1.79. The molecule has 2 aromatic heterocycles. The Balaban J connectivity index is 0.00000144. The van der Waals surface area contributed by atoms with Crippen LogP contribution in [0.15, 0.2) is 35.3 Å². The second kappa shape index (κ2) is 5.44. The number of hydrogen-bond donors (Lipinski definition) is 0. The molecule has 3 aromatic rings. The highest BCUT2D eigenvalue weighted by Gasteiger charge is 2.26. The van der Waals surface area contributed by atoms with Gasteiger partial charge in [0, 0.05) is 10.0 Å². The Morgan fingerprint density at radius 2 is 2.05 bits per heavy atom. The second-order valence-electron chi connectivity index (χ2n) is 4.65. The molecule has 1 aromatic carbocycles. The molecule has 9 heteroatoms. The van der Waals surface area contributed by atoms with Gasteiger partial charge in [-0.15, -0.1) is 12.4 Å². The Morgan fingerprint density at radius 3 is 2.82 bits per heavy atom. The van der Waals surface area contributed by atoms with E-state index in [0.29, 0.717) is 11.5 Å². The molecule has 0 atom stereocenters. The van der Waals surface area contributed by atoms with Crippen molar-refractivity contribution in [3.63, 3.8) is 0 Å². The van der Waals surface area contributed by atoms with Gasteiger partial charge in [-0.05, 0) is 18.2 Å². The fourth-order valence-corrected chi connectivity index (χ4v) is 2.92. The number of benzene rings is 1. The lowest BCUT2D eigenvalue weighted by molar-refractivity contribution is 0.145. The quantitative estimate of drug-likeness (QED) is 0.500. The van der Waals surface area contributed by atoms with Crippen LogP contribution in [-0.4, -0.2) is 24.3 Å². The first-order valence-electron chi connectivity index (χ1n) is 6.17. The Labute approximate surface area is 138 Å². The summed E-state index contributed by atoms with van der Waals surface area (Å²) < 4.78 is 30.4. The van der Waals surface area contributed by atoms with Crippen molar-refractivity contribution >= 4 is 28.3 Å². The fraction of sp³-hybridized carbons (Fsp3) is 0.154. The van der Waals surface area contributed by atoms with Gasteiger partial charge in [0.25, 0.3) is 6.43 Å². The molecule has 1 aliphatic rings. The van der Waals surface area contributed by atoms with E-state index < -0.39 is 6.43 Å². The van der Waals surface area contributed by atoms with Crippen LogP contribution in [0.4, 0.5) is 8.78 Å². The van der Waals surface area contributed by atoms with E-state index in [-0.39, 0.29) is 24.6 Å². The molecule has 22 heavy (non-hydrogen) atoms. The molecule has 0 saturated carbocycles. The summed E-state index contributed by atoms with van der Waals surface area (Å²) >= 11 is 3.42. The SMILES string of the molecule is Cl.FC(F)c1ncn2c1Cn1ncnc1-c1cc(Br)ccc1-2. The molecule has 0 amide bonds. The molecule has 0 fully saturated rings. The molecule has 3 heterocycles. The predicted octanol–water partition coefficient (Wildman–Crippen LogP) is 3.61. The van der Waals surface area contributed by atoms with E-state index in [1.807, 2.05) is 18.2 Å².